The van der Waals surface area contributed by atoms with Gasteiger partial charge in [0.15, 0.2) is 0 Å². The molecule has 2 bridgehead atoms. The van der Waals surface area contributed by atoms with Crippen LogP contribution in [0.5, 0.6) is 0 Å². The third kappa shape index (κ3) is 3.96. The van der Waals surface area contributed by atoms with Crippen molar-refractivity contribution in [1.82, 2.24) is 0 Å². The van der Waals surface area contributed by atoms with Gasteiger partial charge in [0, 0.05) is 17.1 Å². The number of esters is 1. The zero-order valence-corrected chi connectivity index (χ0v) is 16.7. The molecule has 3 rings (SSSR count). The molecule has 0 amide bonds. The van der Waals surface area contributed by atoms with Gasteiger partial charge in [-0.3, -0.25) is 4.79 Å². The minimum atomic E-state index is -0.225. The minimum Gasteiger partial charge on any atom is -0.459 e. The average molecular weight is 442 g/mol. The summed E-state index contributed by atoms with van der Waals surface area (Å²) in [4.78, 5) is 12.5. The minimum absolute atomic E-state index is 0.0487. The van der Waals surface area contributed by atoms with E-state index in [-0.39, 0.29) is 18.2 Å². The summed E-state index contributed by atoms with van der Waals surface area (Å²) < 4.78 is 12.7. The number of ether oxygens (including phenoxy) is 2. The third-order valence-corrected chi connectivity index (χ3v) is 6.78. The Bertz CT molecular complexity index is 574. The third-order valence-electron chi connectivity index (χ3n) is 5.80. The number of hydrogen-bond donors (Lipinski definition) is 0. The molecule has 0 spiro atoms. The highest BCUT2D eigenvalue weighted by molar-refractivity contribution is 14.1. The van der Waals surface area contributed by atoms with E-state index in [4.69, 9.17) is 9.47 Å². The van der Waals surface area contributed by atoms with Gasteiger partial charge in [0.2, 0.25) is 0 Å². The van der Waals surface area contributed by atoms with Crippen molar-refractivity contribution in [2.24, 2.45) is 17.8 Å². The van der Waals surface area contributed by atoms with Gasteiger partial charge in [-0.1, -0.05) is 31.5 Å². The van der Waals surface area contributed by atoms with Gasteiger partial charge in [-0.2, -0.15) is 0 Å². The normalized spacial score (nSPS) is 27.9. The van der Waals surface area contributed by atoms with E-state index in [1.165, 1.54) is 25.7 Å². The van der Waals surface area contributed by atoms with E-state index in [1.54, 1.807) is 7.11 Å². The highest BCUT2D eigenvalue weighted by Crippen LogP contribution is 2.49. The fraction of sp³-hybridized carbons (Fsp3) is 0.650. The van der Waals surface area contributed by atoms with E-state index in [0.717, 1.165) is 27.4 Å². The molecular formula is C20H27IO3. The van der Waals surface area contributed by atoms with Crippen LogP contribution < -0.4 is 0 Å². The fourth-order valence-corrected chi connectivity index (χ4v) is 5.30. The summed E-state index contributed by atoms with van der Waals surface area (Å²) in [6.07, 6.45) is 6.14. The van der Waals surface area contributed by atoms with Crippen LogP contribution in [0.25, 0.3) is 0 Å². The molecule has 2 aliphatic carbocycles. The molecule has 0 N–H and O–H groups in total. The molecule has 0 heterocycles. The van der Waals surface area contributed by atoms with Crippen LogP contribution in [-0.2, 0) is 14.3 Å². The number of methoxy groups -OCH3 is 1. The first-order valence-corrected chi connectivity index (χ1v) is 10.2. The van der Waals surface area contributed by atoms with Gasteiger partial charge in [-0.15, -0.1) is 0 Å². The maximum Gasteiger partial charge on any atom is 0.306 e. The lowest BCUT2D eigenvalue weighted by atomic mass is 9.86. The van der Waals surface area contributed by atoms with Gasteiger partial charge in [-0.25, -0.2) is 0 Å². The monoisotopic (exact) mass is 442 g/mol. The summed E-state index contributed by atoms with van der Waals surface area (Å²) in [6.45, 7) is 2.05. The number of benzene rings is 1. The molecule has 132 valence electrons. The molecule has 0 aromatic heterocycles. The van der Waals surface area contributed by atoms with Gasteiger partial charge in [0.1, 0.15) is 12.2 Å². The Labute approximate surface area is 158 Å². The Balaban J connectivity index is 1.62. The van der Waals surface area contributed by atoms with E-state index >= 15 is 0 Å². The fourth-order valence-electron chi connectivity index (χ4n) is 4.60. The maximum absolute atomic E-state index is 12.5. The maximum atomic E-state index is 12.5. The second-order valence-corrected chi connectivity index (χ2v) is 8.42. The first-order valence-electron chi connectivity index (χ1n) is 9.09. The van der Waals surface area contributed by atoms with Crippen LogP contribution in [0, 0.1) is 21.3 Å². The summed E-state index contributed by atoms with van der Waals surface area (Å²) in [6, 6.07) is 8.14. The molecule has 2 fully saturated rings. The number of fused-ring (bicyclic) bond motifs is 2. The van der Waals surface area contributed by atoms with Crippen LogP contribution in [0.4, 0.5) is 0 Å². The number of hydrogen-bond acceptors (Lipinski definition) is 3. The van der Waals surface area contributed by atoms with Crippen LogP contribution in [0.2, 0.25) is 0 Å². The van der Waals surface area contributed by atoms with Crippen molar-refractivity contribution in [3.63, 3.8) is 0 Å². The first-order chi connectivity index (χ1) is 11.6. The van der Waals surface area contributed by atoms with Crippen molar-refractivity contribution in [2.75, 3.05) is 7.11 Å². The molecule has 5 atom stereocenters. The summed E-state index contributed by atoms with van der Waals surface area (Å²) in [5.74, 6) is 2.13. The van der Waals surface area contributed by atoms with E-state index in [9.17, 15) is 4.79 Å². The standard InChI is InChI=1S/C20H27IO3/c1-3-18(20(23-2)16-6-4-5-7-17(16)21)24-19(22)12-15-11-13-8-9-14(15)10-13/h4-7,13-15,18,20H,3,8-12H2,1-2H3/t13?,14?,15?,18-,20-/m0/s1. The van der Waals surface area contributed by atoms with Crippen molar-refractivity contribution < 1.29 is 14.3 Å². The molecule has 3 unspecified atom stereocenters. The van der Waals surface area contributed by atoms with Crippen molar-refractivity contribution in [2.45, 2.75) is 57.7 Å². The number of carbonyl (C=O) groups is 1. The number of halogens is 1. The topological polar surface area (TPSA) is 35.5 Å². The largest absolute Gasteiger partial charge is 0.459 e. The zero-order chi connectivity index (χ0) is 17.1. The molecule has 1 aromatic rings. The Hall–Kier alpha value is -0.620. The van der Waals surface area contributed by atoms with Crippen LogP contribution in [0.3, 0.4) is 0 Å². The summed E-state index contributed by atoms with van der Waals surface area (Å²) in [7, 11) is 1.69. The highest BCUT2D eigenvalue weighted by atomic mass is 127. The Morgan fingerprint density at radius 3 is 2.67 bits per heavy atom. The molecule has 3 nitrogen and oxygen atoms in total. The van der Waals surface area contributed by atoms with Crippen LogP contribution in [0.1, 0.15) is 57.1 Å². The molecule has 0 aliphatic heterocycles. The average Bonchev–Trinajstić information content (AvgIpc) is 3.19. The van der Waals surface area contributed by atoms with Crippen molar-refractivity contribution in [3.8, 4) is 0 Å². The van der Waals surface area contributed by atoms with Gasteiger partial charge < -0.3 is 9.47 Å². The summed E-state index contributed by atoms with van der Waals surface area (Å²) >= 11 is 2.31. The predicted molar refractivity (Wildman–Crippen MR) is 103 cm³/mol. The van der Waals surface area contributed by atoms with Gasteiger partial charge in [0.05, 0.1) is 0 Å². The van der Waals surface area contributed by atoms with Crippen molar-refractivity contribution in [1.29, 1.82) is 0 Å². The lowest BCUT2D eigenvalue weighted by Gasteiger charge is -2.27. The van der Waals surface area contributed by atoms with Crippen molar-refractivity contribution in [3.05, 3.63) is 33.4 Å². The molecule has 24 heavy (non-hydrogen) atoms. The molecule has 4 heteroatoms. The lowest BCUT2D eigenvalue weighted by molar-refractivity contribution is -0.158. The lowest BCUT2D eigenvalue weighted by Crippen LogP contribution is -2.28. The molecule has 2 aliphatic rings. The second kappa shape index (κ2) is 8.17. The molecule has 1 aromatic carbocycles. The summed E-state index contributed by atoms with van der Waals surface area (Å²) in [5, 5.41) is 0. The van der Waals surface area contributed by atoms with Crippen LogP contribution in [-0.4, -0.2) is 19.2 Å². The van der Waals surface area contributed by atoms with Crippen LogP contribution >= 0.6 is 22.6 Å². The smallest absolute Gasteiger partial charge is 0.306 e. The van der Waals surface area contributed by atoms with Crippen molar-refractivity contribution >= 4 is 28.6 Å². The van der Waals surface area contributed by atoms with Gasteiger partial charge in [-0.05, 0) is 77.7 Å². The van der Waals surface area contributed by atoms with E-state index < -0.39 is 0 Å². The van der Waals surface area contributed by atoms with Gasteiger partial charge >= 0.3 is 5.97 Å². The van der Waals surface area contributed by atoms with Gasteiger partial charge in [0.25, 0.3) is 0 Å². The zero-order valence-electron chi connectivity index (χ0n) is 14.5. The number of carbonyl (C=O) groups excluding carboxylic acids is 1. The number of rotatable bonds is 7. The first kappa shape index (κ1) is 18.2. The van der Waals surface area contributed by atoms with Crippen LogP contribution in [0.15, 0.2) is 24.3 Å². The Morgan fingerprint density at radius 1 is 1.29 bits per heavy atom. The van der Waals surface area contributed by atoms with E-state index in [2.05, 4.69) is 41.6 Å². The summed E-state index contributed by atoms with van der Waals surface area (Å²) in [5.41, 5.74) is 1.10. The second-order valence-electron chi connectivity index (χ2n) is 7.25. The molecule has 0 radical (unpaired) electrons. The highest BCUT2D eigenvalue weighted by Gasteiger charge is 2.40. The molecular weight excluding hydrogens is 415 g/mol. The Kier molecular flexibility index (Phi) is 6.19. The SMILES string of the molecule is CC[C@H](OC(=O)CC1CC2CCC1C2)[C@@H](OC)c1ccccc1I. The molecule has 0 saturated heterocycles. The van der Waals surface area contributed by atoms with E-state index in [1.807, 2.05) is 12.1 Å². The Morgan fingerprint density at radius 2 is 2.08 bits per heavy atom. The quantitative estimate of drug-likeness (QED) is 0.434. The van der Waals surface area contributed by atoms with E-state index in [0.29, 0.717) is 12.3 Å². The molecule has 2 saturated carbocycles. The predicted octanol–water partition coefficient (Wildman–Crippen LogP) is 5.13.